The minimum atomic E-state index is -0.183. The third-order valence-electron chi connectivity index (χ3n) is 25.2. The Morgan fingerprint density at radius 3 is 1.44 bits per heavy atom. The fourth-order valence-electron chi connectivity index (χ4n) is 17.5. The maximum Gasteiger partial charge on any atom is 0.338 e. The molecule has 1 fully saturated rings. The van der Waals surface area contributed by atoms with Gasteiger partial charge in [0.2, 0.25) is 0 Å². The van der Waals surface area contributed by atoms with E-state index in [1.165, 1.54) is 137 Å². The Hall–Kier alpha value is -8.53. The van der Waals surface area contributed by atoms with Gasteiger partial charge in [-0.3, -0.25) is 19.2 Å². The molecule has 628 valence electrons. The second-order valence-corrected chi connectivity index (χ2v) is 37.4. The summed E-state index contributed by atoms with van der Waals surface area (Å²) < 4.78 is 21.5. The standard InChI is InChI=1S/3C12H14O.C12H20.2C11H12O2.2C11H14O.2C8H14/c1-8-3-6-11-10(7-8)5-4-9(2)12(11)13;1-8-3-4-10-5-9(2)7-12(13)11(10)6-8;1-8-3-4-10-6-9(2)12(13)7-11(10)5-8;1-9-3-5-12-8-10(2)4-6-11(12)7-9;1-7-3-4-9-6-8(2)13-11(12)10(9)5-7;1-7-3-4-9-6-8(2)11(12)13-10(9)5-7;1-8-3-4-10-5-9(2)7-12-11(10)6-8;1-8-3-4-10-6-9(2)12-7-11(10)5-8;2*1-7-3-5-8(2)6-4-7/h3,6-7,9H,4-5H2,1-2H3;3-4,6,9H,5,7H2,1-2H3;3-5,9H,6-7H2,1-2H3;3,10-12H,4-8H2,1-2H3;2*3-5,8H,6H2,1-2H3;3-4,6,9H,5,7H2,1-2H3;3-5,9H,6-7H2,1-2H3;2*3,8H,4-6H2,1-2H3. The average molecular weight is 1580 g/mol. The molecule has 1 saturated carbocycles. The number of carbonyl (C=O) groups is 5. The monoisotopic (exact) mass is 1580 g/mol. The highest BCUT2D eigenvalue weighted by atomic mass is 16.5. The van der Waals surface area contributed by atoms with Crippen LogP contribution in [0.25, 0.3) is 0 Å². The summed E-state index contributed by atoms with van der Waals surface area (Å²) in [7, 11) is 0. The van der Waals surface area contributed by atoms with Gasteiger partial charge in [-0.1, -0.05) is 228 Å². The molecule has 12 atom stereocenters. The SMILES string of the molecule is CC1=CCC(C)CC1.CC1=CCC(C)CC1.CC1=CCC2CC(C)CCC2C1.Cc1ccc2c(c1)C(=O)CC(C)C2.Cc1ccc2c(c1)C(=O)OC(C)C2.Cc1ccc2c(c1)CC(=O)C(C)C2.Cc1ccc2c(c1)CCC(C)C2=O.Cc1ccc2c(c1)COC(C)C2.Cc1ccc2c(c1)OC(=O)C(C)C2.Cc1ccc2c(c1)OCC(C)C2. The van der Waals surface area contributed by atoms with E-state index in [2.05, 4.69) is 181 Å². The molecule has 9 nitrogen and oxygen atoms in total. The van der Waals surface area contributed by atoms with Crippen molar-refractivity contribution in [2.75, 3.05) is 6.61 Å². The maximum absolute atomic E-state index is 11.7. The van der Waals surface area contributed by atoms with E-state index in [1.54, 1.807) is 16.7 Å². The Kier molecular flexibility index (Phi) is 35.1. The zero-order valence-electron chi connectivity index (χ0n) is 75.2. The number of benzene rings is 7. The summed E-state index contributed by atoms with van der Waals surface area (Å²) >= 11 is 0. The Labute approximate surface area is 705 Å². The van der Waals surface area contributed by atoms with Crippen LogP contribution >= 0.6 is 0 Å². The minimum absolute atomic E-state index is 0.00444. The number of Topliss-reactive ketones (excluding diaryl/α,β-unsaturated/α-hetero) is 3. The number of hydrogen-bond donors (Lipinski definition) is 0. The molecule has 7 aliphatic carbocycles. The van der Waals surface area contributed by atoms with Crippen molar-refractivity contribution in [1.29, 1.82) is 0 Å². The van der Waals surface area contributed by atoms with Crippen molar-refractivity contribution >= 4 is 29.3 Å². The quantitative estimate of drug-likeness (QED) is 0.0830. The Bertz CT molecular complexity index is 4400. The van der Waals surface area contributed by atoms with Crippen LogP contribution in [0.5, 0.6) is 11.5 Å². The topological polar surface area (TPSA) is 122 Å². The van der Waals surface area contributed by atoms with E-state index >= 15 is 0 Å². The van der Waals surface area contributed by atoms with Gasteiger partial charge in [-0.15, -0.1) is 0 Å². The molecule has 9 heteroatoms. The summed E-state index contributed by atoms with van der Waals surface area (Å²) in [6.07, 6.45) is 32.2. The predicted octanol–water partition coefficient (Wildman–Crippen LogP) is 26.3. The molecule has 0 spiro atoms. The summed E-state index contributed by atoms with van der Waals surface area (Å²) in [5, 5.41) is 0. The number of cyclic esters (lactones) is 1. The lowest BCUT2D eigenvalue weighted by molar-refractivity contribution is -0.139. The molecule has 7 aromatic rings. The summed E-state index contributed by atoms with van der Waals surface area (Å²) in [5.41, 5.74) is 27.5. The molecule has 4 aliphatic heterocycles. The number of ether oxygens (including phenoxy) is 4. The fraction of sp³-hybridized carbons (Fsp3) is 0.509. The van der Waals surface area contributed by atoms with E-state index in [0.29, 0.717) is 41.7 Å². The zero-order valence-corrected chi connectivity index (χ0v) is 75.2. The Morgan fingerprint density at radius 2 is 0.829 bits per heavy atom. The highest BCUT2D eigenvalue weighted by Gasteiger charge is 2.32. The molecule has 0 radical (unpaired) electrons. The van der Waals surface area contributed by atoms with Gasteiger partial charge in [0, 0.05) is 42.2 Å². The molecule has 0 saturated heterocycles. The van der Waals surface area contributed by atoms with Gasteiger partial charge < -0.3 is 18.9 Å². The van der Waals surface area contributed by atoms with Crippen molar-refractivity contribution in [1.82, 2.24) is 0 Å². The van der Waals surface area contributed by atoms with Crippen LogP contribution in [-0.4, -0.2) is 48.1 Å². The van der Waals surface area contributed by atoms with E-state index in [1.807, 2.05) is 103 Å². The van der Waals surface area contributed by atoms with Gasteiger partial charge in [0.25, 0.3) is 0 Å². The van der Waals surface area contributed by atoms with E-state index in [0.717, 1.165) is 151 Å². The minimum Gasteiger partial charge on any atom is -0.493 e. The van der Waals surface area contributed by atoms with Crippen molar-refractivity contribution in [3.05, 3.63) is 268 Å². The van der Waals surface area contributed by atoms with Crippen LogP contribution in [-0.2, 0) is 77.0 Å². The zero-order chi connectivity index (χ0) is 84.7. The first-order chi connectivity index (χ1) is 55.7. The van der Waals surface area contributed by atoms with Gasteiger partial charge in [0.15, 0.2) is 11.6 Å². The number of aryl methyl sites for hydroxylation is 8. The molecule has 4 heterocycles. The first-order valence-corrected chi connectivity index (χ1v) is 44.6. The number of allylic oxidation sites excluding steroid dienone is 6. The van der Waals surface area contributed by atoms with E-state index < -0.39 is 0 Å². The number of fused-ring (bicyclic) bond motifs is 8. The van der Waals surface area contributed by atoms with Crippen molar-refractivity contribution in [3.8, 4) is 11.5 Å². The summed E-state index contributed by atoms with van der Waals surface area (Å²) in [6.45, 7) is 44.2. The fourth-order valence-corrected chi connectivity index (χ4v) is 17.5. The lowest BCUT2D eigenvalue weighted by Gasteiger charge is -2.37. The highest BCUT2D eigenvalue weighted by Crippen LogP contribution is 2.42. The van der Waals surface area contributed by atoms with Crippen molar-refractivity contribution < 1.29 is 42.9 Å². The molecule has 0 amide bonds. The molecule has 0 aromatic heterocycles. The van der Waals surface area contributed by atoms with Crippen LogP contribution in [0.4, 0.5) is 0 Å². The van der Waals surface area contributed by atoms with Gasteiger partial charge in [-0.05, 0) is 319 Å². The smallest absolute Gasteiger partial charge is 0.338 e. The normalized spacial score (nSPS) is 24.5. The molecule has 117 heavy (non-hydrogen) atoms. The van der Waals surface area contributed by atoms with Gasteiger partial charge in [0.05, 0.1) is 30.8 Å². The molecule has 7 aromatic carbocycles. The summed E-state index contributed by atoms with van der Waals surface area (Å²) in [5.74, 6) is 9.14. The molecular weight excluding hydrogens is 1440 g/mol. The van der Waals surface area contributed by atoms with E-state index in [4.69, 9.17) is 18.9 Å². The molecule has 0 N–H and O–H groups in total. The first kappa shape index (κ1) is 92.4. The largest absolute Gasteiger partial charge is 0.493 e. The second-order valence-electron chi connectivity index (χ2n) is 37.4. The summed E-state index contributed by atoms with van der Waals surface area (Å²) in [4.78, 5) is 57.5. The predicted molar refractivity (Wildman–Crippen MR) is 483 cm³/mol. The van der Waals surface area contributed by atoms with Gasteiger partial charge in [-0.2, -0.15) is 0 Å². The Morgan fingerprint density at radius 1 is 0.333 bits per heavy atom. The number of rotatable bonds is 0. The first-order valence-electron chi connectivity index (χ1n) is 44.6. The maximum atomic E-state index is 11.7. The summed E-state index contributed by atoms with van der Waals surface area (Å²) in [6, 6.07) is 43.8. The molecule has 0 bridgehead atoms. The van der Waals surface area contributed by atoms with Crippen LogP contribution in [0, 0.1) is 108 Å². The van der Waals surface area contributed by atoms with Gasteiger partial charge in [-0.25, -0.2) is 4.79 Å². The number of esters is 2. The average Bonchev–Trinajstić information content (AvgIpc) is 0.832. The number of hydrogen-bond acceptors (Lipinski definition) is 9. The lowest BCUT2D eigenvalue weighted by Crippen LogP contribution is -2.25. The number of carbonyl (C=O) groups excluding carboxylic acids is 5. The number of ketones is 3. The van der Waals surface area contributed by atoms with Gasteiger partial charge >= 0.3 is 11.9 Å². The highest BCUT2D eigenvalue weighted by molar-refractivity contribution is 6.00. The van der Waals surface area contributed by atoms with E-state index in [-0.39, 0.29) is 35.8 Å². The van der Waals surface area contributed by atoms with Crippen molar-refractivity contribution in [3.63, 3.8) is 0 Å². The molecule has 18 rings (SSSR count). The third kappa shape index (κ3) is 28.9. The second kappa shape index (κ2) is 44.5. The molecular formula is C108H142O9. The third-order valence-corrected chi connectivity index (χ3v) is 25.2. The molecule has 12 unspecified atom stereocenters. The van der Waals surface area contributed by atoms with Crippen LogP contribution in [0.15, 0.2) is 162 Å². The van der Waals surface area contributed by atoms with Crippen LogP contribution < -0.4 is 9.47 Å². The van der Waals surface area contributed by atoms with Crippen LogP contribution in [0.3, 0.4) is 0 Å². The molecule has 11 aliphatic rings. The lowest BCUT2D eigenvalue weighted by atomic mass is 9.68. The Balaban J connectivity index is 0.000000149. The van der Waals surface area contributed by atoms with Crippen molar-refractivity contribution in [2.24, 2.45) is 59.2 Å². The van der Waals surface area contributed by atoms with E-state index in [9.17, 15) is 24.0 Å². The van der Waals surface area contributed by atoms with Crippen LogP contribution in [0.2, 0.25) is 0 Å². The van der Waals surface area contributed by atoms with Crippen molar-refractivity contribution in [2.45, 2.75) is 292 Å². The van der Waals surface area contributed by atoms with Crippen LogP contribution in [0.1, 0.15) is 294 Å². The van der Waals surface area contributed by atoms with Gasteiger partial charge in [0.1, 0.15) is 23.4 Å².